The van der Waals surface area contributed by atoms with E-state index in [1.807, 2.05) is 24.3 Å². The fraction of sp³-hybridized carbons (Fsp3) is 0.188. The minimum absolute atomic E-state index is 0.306. The lowest BCUT2D eigenvalue weighted by Gasteiger charge is -2.12. The van der Waals surface area contributed by atoms with E-state index in [2.05, 4.69) is 0 Å². The van der Waals surface area contributed by atoms with E-state index in [4.69, 9.17) is 37.9 Å². The highest BCUT2D eigenvalue weighted by Crippen LogP contribution is 2.27. The number of hydrogen-bond donors (Lipinski definition) is 0. The van der Waals surface area contributed by atoms with Gasteiger partial charge >= 0.3 is 0 Å². The number of methoxy groups -OCH3 is 1. The number of ether oxygens (including phenoxy) is 2. The van der Waals surface area contributed by atoms with Gasteiger partial charge in [-0.1, -0.05) is 17.7 Å². The molecule has 0 atom stereocenters. The first-order chi connectivity index (χ1) is 10.2. The summed E-state index contributed by atoms with van der Waals surface area (Å²) in [4.78, 5) is 0. The molecule has 0 aliphatic heterocycles. The van der Waals surface area contributed by atoms with Gasteiger partial charge in [0.15, 0.2) is 0 Å². The lowest BCUT2D eigenvalue weighted by Crippen LogP contribution is -1.99. The van der Waals surface area contributed by atoms with Crippen molar-refractivity contribution in [1.82, 2.24) is 0 Å². The van der Waals surface area contributed by atoms with Gasteiger partial charge in [0.05, 0.1) is 24.6 Å². The minimum Gasteiger partial charge on any atom is -0.497 e. The molecule has 0 radical (unpaired) electrons. The van der Waals surface area contributed by atoms with E-state index >= 15 is 0 Å². The summed E-state index contributed by atoms with van der Waals surface area (Å²) in [5, 5.41) is 9.32. The van der Waals surface area contributed by atoms with E-state index in [1.165, 1.54) is 0 Å². The largest absolute Gasteiger partial charge is 0.497 e. The monoisotopic (exact) mass is 321 g/mol. The minimum atomic E-state index is 0.306. The van der Waals surface area contributed by atoms with Gasteiger partial charge < -0.3 is 9.47 Å². The van der Waals surface area contributed by atoms with Gasteiger partial charge in [0.1, 0.15) is 18.1 Å². The molecule has 5 heteroatoms. The van der Waals surface area contributed by atoms with E-state index < -0.39 is 0 Å². The van der Waals surface area contributed by atoms with Crippen molar-refractivity contribution in [2.24, 2.45) is 0 Å². The number of hydrogen-bond acceptors (Lipinski definition) is 3. The Labute approximate surface area is 133 Å². The van der Waals surface area contributed by atoms with Gasteiger partial charge in [-0.25, -0.2) is 0 Å². The molecule has 0 amide bonds. The van der Waals surface area contributed by atoms with Crippen molar-refractivity contribution in [2.45, 2.75) is 12.5 Å². The first-order valence-corrected chi connectivity index (χ1v) is 7.13. The number of benzene rings is 2. The molecule has 0 unspecified atom stereocenters. The number of alkyl halides is 1. The Kier molecular flexibility index (Phi) is 5.32. The molecule has 3 nitrogen and oxygen atoms in total. The third-order valence-corrected chi connectivity index (χ3v) is 3.62. The van der Waals surface area contributed by atoms with Crippen molar-refractivity contribution in [3.63, 3.8) is 0 Å². The van der Waals surface area contributed by atoms with Crippen LogP contribution in [0.25, 0.3) is 0 Å². The van der Waals surface area contributed by atoms with Gasteiger partial charge in [0.2, 0.25) is 0 Å². The van der Waals surface area contributed by atoms with Crippen molar-refractivity contribution in [1.29, 1.82) is 5.26 Å². The number of nitriles is 1. The second-order valence-electron chi connectivity index (χ2n) is 4.31. The van der Waals surface area contributed by atoms with Crippen LogP contribution in [-0.2, 0) is 12.5 Å². The number of nitrogens with zero attached hydrogens (tertiary/aromatic N) is 1. The third kappa shape index (κ3) is 3.81. The summed E-state index contributed by atoms with van der Waals surface area (Å²) in [7, 11) is 1.60. The molecule has 2 aromatic rings. The maximum Gasteiger partial charge on any atom is 0.124 e. The molecule has 0 aliphatic rings. The highest BCUT2D eigenvalue weighted by atomic mass is 35.5. The first-order valence-electron chi connectivity index (χ1n) is 6.22. The number of halogens is 2. The van der Waals surface area contributed by atoms with Gasteiger partial charge in [-0.2, -0.15) is 5.26 Å². The Morgan fingerprint density at radius 1 is 1.14 bits per heavy atom. The van der Waals surface area contributed by atoms with Crippen LogP contribution in [0.4, 0.5) is 0 Å². The van der Waals surface area contributed by atoms with Crippen LogP contribution >= 0.6 is 23.2 Å². The van der Waals surface area contributed by atoms with Crippen LogP contribution in [0.2, 0.25) is 5.02 Å². The van der Waals surface area contributed by atoms with Gasteiger partial charge in [-0.3, -0.25) is 0 Å². The van der Waals surface area contributed by atoms with Crippen molar-refractivity contribution in [3.05, 3.63) is 58.1 Å². The molecule has 0 fully saturated rings. The van der Waals surface area contributed by atoms with E-state index in [0.717, 1.165) is 16.9 Å². The molecule has 0 aromatic heterocycles. The molecule has 0 saturated heterocycles. The highest BCUT2D eigenvalue weighted by Gasteiger charge is 2.07. The SMILES string of the molecule is COc1ccc(OCc2ccc(C#N)cc2Cl)c(CCl)c1. The average Bonchev–Trinajstić information content (AvgIpc) is 2.53. The average molecular weight is 322 g/mol. The second-order valence-corrected chi connectivity index (χ2v) is 4.99. The molecule has 0 heterocycles. The molecule has 0 N–H and O–H groups in total. The molecule has 0 spiro atoms. The molecule has 108 valence electrons. The van der Waals surface area contributed by atoms with Crippen LogP contribution in [0.1, 0.15) is 16.7 Å². The summed E-state index contributed by atoms with van der Waals surface area (Å²) >= 11 is 12.0. The molecule has 0 aliphatic carbocycles. The van der Waals surface area contributed by atoms with Gasteiger partial charge in [-0.15, -0.1) is 11.6 Å². The Morgan fingerprint density at radius 3 is 2.57 bits per heavy atom. The summed E-state index contributed by atoms with van der Waals surface area (Å²) in [5.41, 5.74) is 2.18. The lowest BCUT2D eigenvalue weighted by molar-refractivity contribution is 0.303. The molecule has 21 heavy (non-hydrogen) atoms. The maximum atomic E-state index is 8.81. The van der Waals surface area contributed by atoms with Crippen molar-refractivity contribution >= 4 is 23.2 Å². The van der Waals surface area contributed by atoms with Gasteiger partial charge in [0.25, 0.3) is 0 Å². The predicted octanol–water partition coefficient (Wildman–Crippen LogP) is 4.54. The molecular weight excluding hydrogens is 309 g/mol. The van der Waals surface area contributed by atoms with Crippen molar-refractivity contribution in [3.8, 4) is 17.6 Å². The molecule has 0 saturated carbocycles. The first kappa shape index (κ1) is 15.5. The molecule has 2 rings (SSSR count). The highest BCUT2D eigenvalue weighted by molar-refractivity contribution is 6.31. The van der Waals surface area contributed by atoms with E-state index in [1.54, 1.807) is 25.3 Å². The Hall–Kier alpha value is -1.89. The standard InChI is InChI=1S/C16H13Cl2NO2/c1-20-14-4-5-16(13(7-14)8-17)21-10-12-3-2-11(9-19)6-15(12)18/h2-7H,8,10H2,1H3. The second kappa shape index (κ2) is 7.21. The van der Waals surface area contributed by atoms with Gasteiger partial charge in [-0.05, 0) is 30.3 Å². The van der Waals surface area contributed by atoms with Crippen LogP contribution in [0.15, 0.2) is 36.4 Å². The summed E-state index contributed by atoms with van der Waals surface area (Å²) in [6.45, 7) is 0.306. The molecule has 2 aromatic carbocycles. The quantitative estimate of drug-likeness (QED) is 0.759. The third-order valence-electron chi connectivity index (χ3n) is 2.98. The van der Waals surface area contributed by atoms with Crippen LogP contribution in [0.5, 0.6) is 11.5 Å². The Morgan fingerprint density at radius 2 is 1.95 bits per heavy atom. The van der Waals surface area contributed by atoms with E-state index in [9.17, 15) is 0 Å². The van der Waals surface area contributed by atoms with Gasteiger partial charge in [0, 0.05) is 16.1 Å². The van der Waals surface area contributed by atoms with Crippen molar-refractivity contribution in [2.75, 3.05) is 7.11 Å². The fourth-order valence-electron chi connectivity index (χ4n) is 1.82. The normalized spacial score (nSPS) is 10.0. The molecule has 0 bridgehead atoms. The maximum absolute atomic E-state index is 8.81. The van der Waals surface area contributed by atoms with Crippen LogP contribution < -0.4 is 9.47 Å². The summed E-state index contributed by atoms with van der Waals surface area (Å²) < 4.78 is 10.9. The summed E-state index contributed by atoms with van der Waals surface area (Å²) in [5.74, 6) is 1.74. The zero-order valence-corrected chi connectivity index (χ0v) is 12.9. The Bertz CT molecular complexity index is 680. The summed E-state index contributed by atoms with van der Waals surface area (Å²) in [6.07, 6.45) is 0. The topological polar surface area (TPSA) is 42.2 Å². The predicted molar refractivity (Wildman–Crippen MR) is 83.1 cm³/mol. The lowest BCUT2D eigenvalue weighted by atomic mass is 10.1. The van der Waals surface area contributed by atoms with E-state index in [0.29, 0.717) is 28.8 Å². The zero-order chi connectivity index (χ0) is 15.2. The van der Waals surface area contributed by atoms with Crippen LogP contribution in [-0.4, -0.2) is 7.11 Å². The fourth-order valence-corrected chi connectivity index (χ4v) is 2.26. The van der Waals surface area contributed by atoms with Crippen molar-refractivity contribution < 1.29 is 9.47 Å². The van der Waals surface area contributed by atoms with Crippen LogP contribution in [0.3, 0.4) is 0 Å². The number of rotatable bonds is 5. The van der Waals surface area contributed by atoms with E-state index in [-0.39, 0.29) is 0 Å². The molecular formula is C16H13Cl2NO2. The smallest absolute Gasteiger partial charge is 0.124 e. The summed E-state index contributed by atoms with van der Waals surface area (Å²) in [6, 6.07) is 12.6. The Balaban J connectivity index is 2.15. The van der Waals surface area contributed by atoms with Crippen LogP contribution in [0, 0.1) is 11.3 Å². The zero-order valence-electron chi connectivity index (χ0n) is 11.4.